The van der Waals surface area contributed by atoms with Crippen LogP contribution in [-0.2, 0) is 4.79 Å². The van der Waals surface area contributed by atoms with Gasteiger partial charge >= 0.3 is 6.01 Å². The first kappa shape index (κ1) is 17.0. The van der Waals surface area contributed by atoms with E-state index in [9.17, 15) is 4.79 Å². The molecule has 9 heteroatoms. The van der Waals surface area contributed by atoms with Gasteiger partial charge in [-0.1, -0.05) is 5.10 Å². The molecule has 0 radical (unpaired) electrons. The molecular formula is C16H14BrN3O5. The number of nitrogens with zero attached hydrogens (tertiary/aromatic N) is 2. The summed E-state index contributed by atoms with van der Waals surface area (Å²) in [6.45, 7) is 2.30. The number of rotatable bonds is 7. The van der Waals surface area contributed by atoms with Crippen molar-refractivity contribution in [3.63, 3.8) is 0 Å². The van der Waals surface area contributed by atoms with Crippen molar-refractivity contribution >= 4 is 27.9 Å². The van der Waals surface area contributed by atoms with Gasteiger partial charge in [-0.15, -0.1) is 5.10 Å². The van der Waals surface area contributed by atoms with E-state index in [1.807, 2.05) is 6.92 Å². The van der Waals surface area contributed by atoms with E-state index in [4.69, 9.17) is 18.3 Å². The number of amides is 1. The Morgan fingerprint density at radius 1 is 1.08 bits per heavy atom. The van der Waals surface area contributed by atoms with E-state index in [-0.39, 0.29) is 18.5 Å². The SMILES string of the molecule is CCOc1ccc(OCC(=O)Nc2nnc(-c3ccc(Br)o3)o2)cc1. The normalized spacial score (nSPS) is 10.5. The zero-order chi connectivity index (χ0) is 17.6. The van der Waals surface area contributed by atoms with Crippen molar-refractivity contribution in [2.45, 2.75) is 6.92 Å². The number of halogens is 1. The van der Waals surface area contributed by atoms with Crippen molar-refractivity contribution in [2.24, 2.45) is 0 Å². The van der Waals surface area contributed by atoms with Crippen LogP contribution in [0, 0.1) is 0 Å². The zero-order valence-electron chi connectivity index (χ0n) is 13.2. The fraction of sp³-hybridized carbons (Fsp3) is 0.188. The predicted molar refractivity (Wildman–Crippen MR) is 91.4 cm³/mol. The molecule has 3 aromatic rings. The number of carbonyl (C=O) groups excluding carboxylic acids is 1. The molecule has 0 aliphatic rings. The van der Waals surface area contributed by atoms with Crippen LogP contribution < -0.4 is 14.8 Å². The summed E-state index contributed by atoms with van der Waals surface area (Å²) in [6, 6.07) is 10.3. The lowest BCUT2D eigenvalue weighted by Crippen LogP contribution is -2.20. The molecule has 0 fully saturated rings. The van der Waals surface area contributed by atoms with E-state index in [2.05, 4.69) is 31.4 Å². The molecule has 1 N–H and O–H groups in total. The molecule has 1 aromatic carbocycles. The molecule has 1 amide bonds. The molecule has 8 nitrogen and oxygen atoms in total. The molecule has 3 rings (SSSR count). The summed E-state index contributed by atoms with van der Waals surface area (Å²) in [6.07, 6.45) is 0. The number of ether oxygens (including phenoxy) is 2. The first-order valence-corrected chi connectivity index (χ1v) is 8.18. The van der Waals surface area contributed by atoms with Gasteiger partial charge in [0.2, 0.25) is 0 Å². The van der Waals surface area contributed by atoms with Gasteiger partial charge in [0.1, 0.15) is 11.5 Å². The topological polar surface area (TPSA) is 99.6 Å². The van der Waals surface area contributed by atoms with Gasteiger partial charge < -0.3 is 18.3 Å². The molecule has 0 unspecified atom stereocenters. The lowest BCUT2D eigenvalue weighted by atomic mass is 10.3. The third-order valence-electron chi connectivity index (χ3n) is 2.96. The second-order valence-electron chi connectivity index (χ2n) is 4.76. The third kappa shape index (κ3) is 4.60. The first-order valence-electron chi connectivity index (χ1n) is 7.39. The van der Waals surface area contributed by atoms with Gasteiger partial charge in [-0.3, -0.25) is 10.1 Å². The summed E-state index contributed by atoms with van der Waals surface area (Å²) < 4.78 is 21.9. The average molecular weight is 408 g/mol. The van der Waals surface area contributed by atoms with Crippen LogP contribution in [0.1, 0.15) is 6.92 Å². The van der Waals surface area contributed by atoms with Gasteiger partial charge in [0.05, 0.1) is 6.61 Å². The Hall–Kier alpha value is -2.81. The Morgan fingerprint density at radius 2 is 1.80 bits per heavy atom. The summed E-state index contributed by atoms with van der Waals surface area (Å²) >= 11 is 3.18. The van der Waals surface area contributed by atoms with Gasteiger partial charge in [0.15, 0.2) is 17.0 Å². The number of carbonyl (C=O) groups is 1. The molecule has 25 heavy (non-hydrogen) atoms. The monoisotopic (exact) mass is 407 g/mol. The fourth-order valence-corrected chi connectivity index (χ4v) is 2.21. The van der Waals surface area contributed by atoms with Crippen molar-refractivity contribution in [1.82, 2.24) is 10.2 Å². The van der Waals surface area contributed by atoms with Crippen LogP contribution in [0.25, 0.3) is 11.7 Å². The van der Waals surface area contributed by atoms with Crippen LogP contribution in [-0.4, -0.2) is 29.3 Å². The van der Waals surface area contributed by atoms with Crippen molar-refractivity contribution < 1.29 is 23.1 Å². The Morgan fingerprint density at radius 3 is 2.44 bits per heavy atom. The number of furan rings is 1. The zero-order valence-corrected chi connectivity index (χ0v) is 14.8. The highest BCUT2D eigenvalue weighted by atomic mass is 79.9. The van der Waals surface area contributed by atoms with Gasteiger partial charge in [0.25, 0.3) is 11.8 Å². The van der Waals surface area contributed by atoms with Crippen LogP contribution >= 0.6 is 15.9 Å². The van der Waals surface area contributed by atoms with E-state index >= 15 is 0 Å². The minimum Gasteiger partial charge on any atom is -0.494 e. The Balaban J connectivity index is 1.51. The fourth-order valence-electron chi connectivity index (χ4n) is 1.91. The summed E-state index contributed by atoms with van der Waals surface area (Å²) in [4.78, 5) is 11.9. The van der Waals surface area contributed by atoms with Gasteiger partial charge in [-0.05, 0) is 59.3 Å². The molecule has 0 aliphatic heterocycles. The lowest BCUT2D eigenvalue weighted by Gasteiger charge is -2.07. The average Bonchev–Trinajstić information content (AvgIpc) is 3.23. The van der Waals surface area contributed by atoms with E-state index in [1.165, 1.54) is 0 Å². The van der Waals surface area contributed by atoms with E-state index in [0.29, 0.717) is 22.8 Å². The number of hydrogen-bond acceptors (Lipinski definition) is 7. The van der Waals surface area contributed by atoms with E-state index in [0.717, 1.165) is 5.75 Å². The summed E-state index contributed by atoms with van der Waals surface area (Å²) in [5.41, 5.74) is 0. The molecular weight excluding hydrogens is 394 g/mol. The van der Waals surface area contributed by atoms with Crippen molar-refractivity contribution in [2.75, 3.05) is 18.5 Å². The Bertz CT molecular complexity index is 844. The summed E-state index contributed by atoms with van der Waals surface area (Å²) in [7, 11) is 0. The molecule has 0 bridgehead atoms. The smallest absolute Gasteiger partial charge is 0.322 e. The largest absolute Gasteiger partial charge is 0.494 e. The summed E-state index contributed by atoms with van der Waals surface area (Å²) in [5.74, 6) is 1.41. The lowest BCUT2D eigenvalue weighted by molar-refractivity contribution is -0.118. The molecule has 2 aromatic heterocycles. The highest BCUT2D eigenvalue weighted by Crippen LogP contribution is 2.24. The Kier molecular flexibility index (Phi) is 5.34. The van der Waals surface area contributed by atoms with E-state index in [1.54, 1.807) is 36.4 Å². The third-order valence-corrected chi connectivity index (χ3v) is 3.39. The van der Waals surface area contributed by atoms with Crippen molar-refractivity contribution in [3.05, 3.63) is 41.1 Å². The van der Waals surface area contributed by atoms with Crippen molar-refractivity contribution in [3.8, 4) is 23.1 Å². The molecule has 0 spiro atoms. The number of nitrogens with one attached hydrogen (secondary N) is 1. The highest BCUT2D eigenvalue weighted by Gasteiger charge is 2.14. The maximum atomic E-state index is 11.9. The number of hydrogen-bond donors (Lipinski definition) is 1. The standard InChI is InChI=1S/C16H14BrN3O5/c1-2-22-10-3-5-11(6-4-10)23-9-14(21)18-16-20-19-15(25-16)12-7-8-13(17)24-12/h3-8H,2,9H2,1H3,(H,18,20,21). The minimum atomic E-state index is -0.426. The number of anilines is 1. The number of benzene rings is 1. The van der Waals surface area contributed by atoms with Crippen LogP contribution in [0.5, 0.6) is 11.5 Å². The van der Waals surface area contributed by atoms with Gasteiger partial charge in [-0.2, -0.15) is 0 Å². The summed E-state index contributed by atoms with van der Waals surface area (Å²) in [5, 5.41) is 9.99. The van der Waals surface area contributed by atoms with Crippen LogP contribution in [0.15, 0.2) is 49.9 Å². The van der Waals surface area contributed by atoms with Crippen LogP contribution in [0.2, 0.25) is 0 Å². The van der Waals surface area contributed by atoms with Gasteiger partial charge in [-0.25, -0.2) is 0 Å². The maximum Gasteiger partial charge on any atom is 0.322 e. The van der Waals surface area contributed by atoms with Crippen molar-refractivity contribution in [1.29, 1.82) is 0 Å². The quantitative estimate of drug-likeness (QED) is 0.639. The van der Waals surface area contributed by atoms with Crippen LogP contribution in [0.3, 0.4) is 0 Å². The van der Waals surface area contributed by atoms with Crippen LogP contribution in [0.4, 0.5) is 6.01 Å². The maximum absolute atomic E-state index is 11.9. The molecule has 0 aliphatic carbocycles. The van der Waals surface area contributed by atoms with Gasteiger partial charge in [0, 0.05) is 0 Å². The minimum absolute atomic E-state index is 0.0391. The molecule has 0 saturated heterocycles. The Labute approximate surface area is 151 Å². The second-order valence-corrected chi connectivity index (χ2v) is 5.54. The highest BCUT2D eigenvalue weighted by molar-refractivity contribution is 9.10. The molecule has 0 atom stereocenters. The molecule has 0 saturated carbocycles. The first-order chi connectivity index (χ1) is 12.1. The predicted octanol–water partition coefficient (Wildman–Crippen LogP) is 3.51. The second kappa shape index (κ2) is 7.84. The molecule has 2 heterocycles. The molecule has 130 valence electrons. The van der Waals surface area contributed by atoms with E-state index < -0.39 is 5.91 Å². The number of aromatic nitrogens is 2.